The largest absolute Gasteiger partial charge is 0.220 e. The first-order valence-corrected chi connectivity index (χ1v) is 6.00. The average Bonchev–Trinajstić information content (AvgIpc) is 2.83. The van der Waals surface area contributed by atoms with Crippen molar-refractivity contribution in [3.8, 4) is 10.7 Å². The second-order valence-corrected chi connectivity index (χ2v) is 5.26. The molecule has 0 radical (unpaired) electrons. The molecule has 3 aromatic heterocycles. The third-order valence-corrected chi connectivity index (χ3v) is 3.51. The Morgan fingerprint density at radius 3 is 2.94 bits per heavy atom. The molecule has 3 heterocycles. The Labute approximate surface area is 101 Å². The fraction of sp³-hybridized carbons (Fsp3) is 0.0909. The summed E-state index contributed by atoms with van der Waals surface area (Å²) in [5.41, 5.74) is 2.04. The van der Waals surface area contributed by atoms with Gasteiger partial charge in [-0.05, 0) is 36.8 Å². The van der Waals surface area contributed by atoms with Gasteiger partial charge >= 0.3 is 0 Å². The van der Waals surface area contributed by atoms with E-state index >= 15 is 0 Å². The van der Waals surface area contributed by atoms with Crippen molar-refractivity contribution >= 4 is 28.6 Å². The van der Waals surface area contributed by atoms with Crippen LogP contribution in [-0.2, 0) is 0 Å². The highest BCUT2D eigenvalue weighted by atomic mass is 35.5. The zero-order valence-electron chi connectivity index (χ0n) is 8.51. The zero-order chi connectivity index (χ0) is 11.1. The number of pyridine rings is 1. The van der Waals surface area contributed by atoms with Gasteiger partial charge < -0.3 is 0 Å². The van der Waals surface area contributed by atoms with Gasteiger partial charge in [0.2, 0.25) is 0 Å². The van der Waals surface area contributed by atoms with E-state index in [-0.39, 0.29) is 0 Å². The molecule has 0 spiro atoms. The predicted octanol–water partition coefficient (Wildman–Crippen LogP) is 3.42. The van der Waals surface area contributed by atoms with Crippen molar-refractivity contribution in [2.45, 2.75) is 6.92 Å². The first-order chi connectivity index (χ1) is 7.72. The Balaban J connectivity index is 2.18. The Kier molecular flexibility index (Phi) is 2.19. The molecule has 16 heavy (non-hydrogen) atoms. The van der Waals surface area contributed by atoms with Crippen LogP contribution in [0.1, 0.15) is 5.56 Å². The number of hydrogen-bond donors (Lipinski definition) is 0. The van der Waals surface area contributed by atoms with Crippen LogP contribution >= 0.6 is 22.9 Å². The molecule has 0 amide bonds. The van der Waals surface area contributed by atoms with Gasteiger partial charge in [0.15, 0.2) is 11.5 Å². The van der Waals surface area contributed by atoms with Crippen molar-refractivity contribution < 1.29 is 0 Å². The molecule has 0 unspecified atom stereocenters. The molecule has 0 saturated heterocycles. The quantitative estimate of drug-likeness (QED) is 0.662. The van der Waals surface area contributed by atoms with Gasteiger partial charge in [0.05, 0.1) is 9.21 Å². The lowest BCUT2D eigenvalue weighted by Gasteiger charge is -1.90. The Morgan fingerprint density at radius 1 is 1.31 bits per heavy atom. The summed E-state index contributed by atoms with van der Waals surface area (Å²) in [6, 6.07) is 7.81. The van der Waals surface area contributed by atoms with E-state index in [0.29, 0.717) is 0 Å². The molecule has 3 rings (SSSR count). The monoisotopic (exact) mass is 249 g/mol. The van der Waals surface area contributed by atoms with Gasteiger partial charge in [-0.1, -0.05) is 11.6 Å². The Hall–Kier alpha value is -1.39. The molecule has 0 aliphatic carbocycles. The van der Waals surface area contributed by atoms with E-state index in [9.17, 15) is 0 Å². The minimum absolute atomic E-state index is 0.725. The van der Waals surface area contributed by atoms with Crippen molar-refractivity contribution in [3.63, 3.8) is 0 Å². The molecule has 3 aromatic rings. The topological polar surface area (TPSA) is 30.2 Å². The summed E-state index contributed by atoms with van der Waals surface area (Å²) in [5, 5.41) is 4.39. The molecule has 0 atom stereocenters. The minimum Gasteiger partial charge on any atom is -0.220 e. The number of aromatic nitrogens is 3. The number of rotatable bonds is 1. The lowest BCUT2D eigenvalue weighted by atomic mass is 10.3. The third kappa shape index (κ3) is 1.60. The van der Waals surface area contributed by atoms with E-state index in [0.717, 1.165) is 20.7 Å². The standard InChI is InChI=1S/C11H8ClN3S/c1-7-4-5-15-10(6-7)13-11(14-15)8-2-3-9(12)16-8/h2-6H,1H3. The van der Waals surface area contributed by atoms with Crippen molar-refractivity contribution in [1.82, 2.24) is 14.6 Å². The van der Waals surface area contributed by atoms with E-state index in [1.165, 1.54) is 16.9 Å². The summed E-state index contributed by atoms with van der Waals surface area (Å²) < 4.78 is 2.53. The highest BCUT2D eigenvalue weighted by Gasteiger charge is 2.08. The van der Waals surface area contributed by atoms with Gasteiger partial charge in [-0.2, -0.15) is 0 Å². The maximum atomic E-state index is 5.89. The smallest absolute Gasteiger partial charge is 0.192 e. The van der Waals surface area contributed by atoms with E-state index in [4.69, 9.17) is 11.6 Å². The van der Waals surface area contributed by atoms with Crippen LogP contribution in [0, 0.1) is 6.92 Å². The number of hydrogen-bond acceptors (Lipinski definition) is 3. The van der Waals surface area contributed by atoms with Crippen LogP contribution in [0.3, 0.4) is 0 Å². The summed E-state index contributed by atoms with van der Waals surface area (Å²) in [5.74, 6) is 0.725. The van der Waals surface area contributed by atoms with E-state index in [2.05, 4.69) is 10.1 Å². The average molecular weight is 250 g/mol. The summed E-state index contributed by atoms with van der Waals surface area (Å²) >= 11 is 7.38. The van der Waals surface area contributed by atoms with Crippen molar-refractivity contribution in [2.75, 3.05) is 0 Å². The Morgan fingerprint density at radius 2 is 2.19 bits per heavy atom. The minimum atomic E-state index is 0.725. The molecule has 0 aliphatic rings. The molecule has 80 valence electrons. The summed E-state index contributed by atoms with van der Waals surface area (Å²) in [4.78, 5) is 5.45. The fourth-order valence-corrected chi connectivity index (χ4v) is 2.49. The first kappa shape index (κ1) is 9.81. The molecule has 5 heteroatoms. The number of fused-ring (bicyclic) bond motifs is 1. The maximum absolute atomic E-state index is 5.89. The number of thiophene rings is 1. The van der Waals surface area contributed by atoms with Crippen LogP contribution in [-0.4, -0.2) is 14.6 Å². The number of nitrogens with zero attached hydrogens (tertiary/aromatic N) is 3. The second-order valence-electron chi connectivity index (χ2n) is 3.55. The van der Waals surface area contributed by atoms with Crippen molar-refractivity contribution in [2.24, 2.45) is 0 Å². The third-order valence-electron chi connectivity index (χ3n) is 2.29. The Bertz CT molecular complexity index is 656. The highest BCUT2D eigenvalue weighted by Crippen LogP contribution is 2.28. The highest BCUT2D eigenvalue weighted by molar-refractivity contribution is 7.19. The van der Waals surface area contributed by atoms with Crippen LogP contribution < -0.4 is 0 Å². The maximum Gasteiger partial charge on any atom is 0.192 e. The molecular formula is C11H8ClN3S. The zero-order valence-corrected chi connectivity index (χ0v) is 10.1. The number of aryl methyl sites for hydroxylation is 1. The SMILES string of the molecule is Cc1ccn2nc(-c3ccc(Cl)s3)nc2c1. The summed E-state index contributed by atoms with van der Waals surface area (Å²) in [6.07, 6.45) is 1.91. The van der Waals surface area contributed by atoms with Crippen LogP contribution in [0.15, 0.2) is 30.5 Å². The number of halogens is 1. The fourth-order valence-electron chi connectivity index (χ4n) is 1.52. The predicted molar refractivity (Wildman–Crippen MR) is 66.0 cm³/mol. The normalized spacial score (nSPS) is 11.1. The van der Waals surface area contributed by atoms with Gasteiger partial charge in [-0.15, -0.1) is 16.4 Å². The summed E-state index contributed by atoms with van der Waals surface area (Å²) in [6.45, 7) is 2.04. The lowest BCUT2D eigenvalue weighted by Crippen LogP contribution is -1.86. The molecule has 0 saturated carbocycles. The first-order valence-electron chi connectivity index (χ1n) is 4.81. The lowest BCUT2D eigenvalue weighted by molar-refractivity contribution is 0.963. The van der Waals surface area contributed by atoms with Crippen LogP contribution in [0.2, 0.25) is 4.34 Å². The molecule has 0 N–H and O–H groups in total. The molecule has 0 fully saturated rings. The van der Waals surface area contributed by atoms with Gasteiger partial charge in [-0.3, -0.25) is 0 Å². The van der Waals surface area contributed by atoms with Crippen molar-refractivity contribution in [3.05, 3.63) is 40.4 Å². The van der Waals surface area contributed by atoms with Gasteiger partial charge in [-0.25, -0.2) is 9.50 Å². The molecule has 0 aromatic carbocycles. The molecular weight excluding hydrogens is 242 g/mol. The summed E-state index contributed by atoms with van der Waals surface area (Å²) in [7, 11) is 0. The van der Waals surface area contributed by atoms with Crippen LogP contribution in [0.4, 0.5) is 0 Å². The molecule has 3 nitrogen and oxygen atoms in total. The van der Waals surface area contributed by atoms with Gasteiger partial charge in [0.25, 0.3) is 0 Å². The van der Waals surface area contributed by atoms with E-state index in [1.807, 2.05) is 37.4 Å². The van der Waals surface area contributed by atoms with Crippen LogP contribution in [0.25, 0.3) is 16.3 Å². The second kappa shape index (κ2) is 3.57. The van der Waals surface area contributed by atoms with Crippen molar-refractivity contribution in [1.29, 1.82) is 0 Å². The van der Waals surface area contributed by atoms with E-state index in [1.54, 1.807) is 4.52 Å². The van der Waals surface area contributed by atoms with E-state index < -0.39 is 0 Å². The van der Waals surface area contributed by atoms with Gasteiger partial charge in [0.1, 0.15) is 0 Å². The van der Waals surface area contributed by atoms with Gasteiger partial charge in [0, 0.05) is 6.20 Å². The molecule has 0 aliphatic heterocycles. The molecule has 0 bridgehead atoms. The van der Waals surface area contributed by atoms with Crippen LogP contribution in [0.5, 0.6) is 0 Å².